The first-order chi connectivity index (χ1) is 16.1. The van der Waals surface area contributed by atoms with Crippen molar-refractivity contribution in [3.63, 3.8) is 0 Å². The Labute approximate surface area is 198 Å². The summed E-state index contributed by atoms with van der Waals surface area (Å²) in [4.78, 5) is 13.7. The molecule has 2 atom stereocenters. The molecule has 1 unspecified atom stereocenters. The van der Waals surface area contributed by atoms with Gasteiger partial charge in [0.1, 0.15) is 11.6 Å². The summed E-state index contributed by atoms with van der Waals surface area (Å²) in [5.41, 5.74) is 9.37. The van der Waals surface area contributed by atoms with E-state index in [-0.39, 0.29) is 12.1 Å². The Kier molecular flexibility index (Phi) is 6.07. The Balaban J connectivity index is 1.34. The second-order valence-corrected chi connectivity index (χ2v) is 8.74. The minimum absolute atomic E-state index is 0.0310. The number of aromatic nitrogens is 2. The number of halogens is 1. The maximum atomic E-state index is 6.21. The van der Waals surface area contributed by atoms with E-state index in [1.807, 2.05) is 55.7 Å². The Morgan fingerprint density at radius 2 is 2.09 bits per heavy atom. The van der Waals surface area contributed by atoms with Crippen molar-refractivity contribution in [1.29, 1.82) is 0 Å². The van der Waals surface area contributed by atoms with Crippen molar-refractivity contribution >= 4 is 23.4 Å². The zero-order chi connectivity index (χ0) is 22.8. The van der Waals surface area contributed by atoms with E-state index in [2.05, 4.69) is 38.4 Å². The molecule has 0 fully saturated rings. The molecular formula is C25H27ClN6O. The molecule has 2 aliphatic rings. The largest absolute Gasteiger partial charge is 0.493 e. The normalized spacial score (nSPS) is 18.1. The number of fused-ring (bicyclic) bond motifs is 1. The minimum atomic E-state index is 0.0310. The topological polar surface area (TPSA) is 79.5 Å². The molecule has 33 heavy (non-hydrogen) atoms. The number of hydrogen-bond acceptors (Lipinski definition) is 7. The second kappa shape index (κ2) is 9.29. The Bertz CT molecular complexity index is 1170. The summed E-state index contributed by atoms with van der Waals surface area (Å²) in [5.74, 6) is 2.39. The first kappa shape index (κ1) is 21.6. The van der Waals surface area contributed by atoms with Gasteiger partial charge in [-0.2, -0.15) is 4.98 Å². The van der Waals surface area contributed by atoms with Gasteiger partial charge in [0.2, 0.25) is 5.95 Å². The van der Waals surface area contributed by atoms with Gasteiger partial charge in [-0.3, -0.25) is 0 Å². The summed E-state index contributed by atoms with van der Waals surface area (Å²) in [7, 11) is 0. The highest BCUT2D eigenvalue weighted by Gasteiger charge is 2.26. The molecule has 2 aliphatic heterocycles. The lowest BCUT2D eigenvalue weighted by atomic mass is 10.0. The molecule has 7 nitrogen and oxygen atoms in total. The van der Waals surface area contributed by atoms with Crippen LogP contribution in [0.5, 0.6) is 5.75 Å². The molecule has 0 saturated carbocycles. The van der Waals surface area contributed by atoms with Crippen LogP contribution in [0.1, 0.15) is 35.2 Å². The summed E-state index contributed by atoms with van der Waals surface area (Å²) < 4.78 is 5.78. The molecule has 0 aliphatic carbocycles. The first-order valence-electron chi connectivity index (χ1n) is 11.1. The number of nitrogens with two attached hydrogens (primary N) is 1. The fourth-order valence-electron chi connectivity index (χ4n) is 4.39. The number of ether oxygens (including phenoxy) is 1. The number of benzene rings is 2. The lowest BCUT2D eigenvalue weighted by Gasteiger charge is -2.30. The number of rotatable bonds is 6. The van der Waals surface area contributed by atoms with Crippen LogP contribution in [0.3, 0.4) is 0 Å². The van der Waals surface area contributed by atoms with E-state index in [1.54, 1.807) is 0 Å². The third-order valence-electron chi connectivity index (χ3n) is 6.09. The summed E-state index contributed by atoms with van der Waals surface area (Å²) in [6, 6.07) is 16.1. The van der Waals surface area contributed by atoms with Crippen molar-refractivity contribution < 1.29 is 4.74 Å². The summed E-state index contributed by atoms with van der Waals surface area (Å²) in [6.45, 7) is 3.82. The highest BCUT2D eigenvalue weighted by Crippen LogP contribution is 2.34. The smallest absolute Gasteiger partial charge is 0.225 e. The predicted molar refractivity (Wildman–Crippen MR) is 131 cm³/mol. The molecule has 0 radical (unpaired) electrons. The molecule has 0 bridgehead atoms. The zero-order valence-electron chi connectivity index (χ0n) is 18.5. The van der Waals surface area contributed by atoms with Crippen molar-refractivity contribution in [3.8, 4) is 5.75 Å². The third kappa shape index (κ3) is 4.47. The summed E-state index contributed by atoms with van der Waals surface area (Å²) in [5, 5.41) is 4.22. The van der Waals surface area contributed by atoms with Gasteiger partial charge in [0, 0.05) is 47.7 Å². The lowest BCUT2D eigenvalue weighted by Crippen LogP contribution is -2.33. The minimum Gasteiger partial charge on any atom is -0.493 e. The maximum Gasteiger partial charge on any atom is 0.225 e. The van der Waals surface area contributed by atoms with Gasteiger partial charge in [0.05, 0.1) is 25.4 Å². The number of aryl methyl sites for hydroxylation is 1. The average Bonchev–Trinajstić information content (AvgIpc) is 3.31. The molecule has 0 saturated heterocycles. The van der Waals surface area contributed by atoms with Gasteiger partial charge in [0.15, 0.2) is 0 Å². The Morgan fingerprint density at radius 3 is 2.94 bits per heavy atom. The SMILES string of the molecule is Cc1cnc(NC2CCOc3ccccc32)nc1N1C=CN([C@H](CN)c2cccc(Cl)c2)C1. The van der Waals surface area contributed by atoms with E-state index in [0.29, 0.717) is 30.8 Å². The number of anilines is 2. The van der Waals surface area contributed by atoms with E-state index in [0.717, 1.165) is 34.7 Å². The van der Waals surface area contributed by atoms with Gasteiger partial charge < -0.3 is 25.6 Å². The van der Waals surface area contributed by atoms with Crippen molar-refractivity contribution in [2.75, 3.05) is 30.0 Å². The van der Waals surface area contributed by atoms with Gasteiger partial charge in [-0.15, -0.1) is 0 Å². The van der Waals surface area contributed by atoms with Crippen molar-refractivity contribution in [3.05, 3.63) is 88.8 Å². The molecule has 2 aromatic carbocycles. The van der Waals surface area contributed by atoms with Crippen molar-refractivity contribution in [2.45, 2.75) is 25.4 Å². The van der Waals surface area contributed by atoms with Gasteiger partial charge in [-0.1, -0.05) is 41.9 Å². The highest BCUT2D eigenvalue weighted by atomic mass is 35.5. The molecule has 3 heterocycles. The van der Waals surface area contributed by atoms with Crippen LogP contribution in [0.15, 0.2) is 67.1 Å². The average molecular weight is 463 g/mol. The molecule has 0 amide bonds. The van der Waals surface area contributed by atoms with E-state index >= 15 is 0 Å². The predicted octanol–water partition coefficient (Wildman–Crippen LogP) is 4.62. The molecule has 170 valence electrons. The van der Waals surface area contributed by atoms with Crippen LogP contribution in [0.25, 0.3) is 0 Å². The van der Waals surface area contributed by atoms with Crippen molar-refractivity contribution in [1.82, 2.24) is 14.9 Å². The summed E-state index contributed by atoms with van der Waals surface area (Å²) in [6.07, 6.45) is 6.82. The quantitative estimate of drug-likeness (QED) is 0.553. The molecule has 0 spiro atoms. The van der Waals surface area contributed by atoms with Crippen LogP contribution in [0.4, 0.5) is 11.8 Å². The molecular weight excluding hydrogens is 436 g/mol. The number of para-hydroxylation sites is 1. The fourth-order valence-corrected chi connectivity index (χ4v) is 4.59. The lowest BCUT2D eigenvalue weighted by molar-refractivity contribution is 0.274. The Morgan fingerprint density at radius 1 is 1.21 bits per heavy atom. The van der Waals surface area contributed by atoms with Crippen LogP contribution in [-0.4, -0.2) is 34.7 Å². The number of nitrogens with zero attached hydrogens (tertiary/aromatic N) is 4. The van der Waals surface area contributed by atoms with Crippen LogP contribution in [0.2, 0.25) is 5.02 Å². The second-order valence-electron chi connectivity index (χ2n) is 8.30. The van der Waals surface area contributed by atoms with Crippen LogP contribution in [0, 0.1) is 6.92 Å². The van der Waals surface area contributed by atoms with E-state index in [4.69, 9.17) is 27.1 Å². The van der Waals surface area contributed by atoms with Crippen molar-refractivity contribution in [2.24, 2.45) is 5.73 Å². The van der Waals surface area contributed by atoms with Gasteiger partial charge in [0.25, 0.3) is 0 Å². The molecule has 5 rings (SSSR count). The van der Waals surface area contributed by atoms with E-state index in [9.17, 15) is 0 Å². The zero-order valence-corrected chi connectivity index (χ0v) is 19.2. The van der Waals surface area contributed by atoms with E-state index < -0.39 is 0 Å². The first-order valence-corrected chi connectivity index (χ1v) is 11.5. The van der Waals surface area contributed by atoms with Gasteiger partial charge in [-0.25, -0.2) is 4.98 Å². The number of hydrogen-bond donors (Lipinski definition) is 2. The van der Waals surface area contributed by atoms with Crippen LogP contribution < -0.4 is 20.7 Å². The monoisotopic (exact) mass is 462 g/mol. The van der Waals surface area contributed by atoms with Gasteiger partial charge >= 0.3 is 0 Å². The summed E-state index contributed by atoms with van der Waals surface area (Å²) >= 11 is 6.21. The van der Waals surface area contributed by atoms with Crippen LogP contribution >= 0.6 is 11.6 Å². The fraction of sp³-hybridized carbons (Fsp3) is 0.280. The Hall–Kier alpha value is -3.29. The molecule has 3 aromatic rings. The standard InChI is InChI=1S/C25H27ClN6O/c1-17-15-28-25(29-21-9-12-33-23-8-3-2-7-20(21)23)30-24(17)32-11-10-31(16-32)22(14-27)18-5-4-6-19(26)13-18/h2-8,10-11,13,15,21-22H,9,12,14,16,27H2,1H3,(H,28,29,30)/t21?,22-/m1/s1. The molecule has 3 N–H and O–H groups in total. The van der Waals surface area contributed by atoms with Gasteiger partial charge in [-0.05, 0) is 30.7 Å². The van der Waals surface area contributed by atoms with Crippen LogP contribution in [-0.2, 0) is 0 Å². The molecule has 8 heteroatoms. The highest BCUT2D eigenvalue weighted by molar-refractivity contribution is 6.30. The molecule has 1 aromatic heterocycles. The number of nitrogens with one attached hydrogen (secondary N) is 1. The maximum absolute atomic E-state index is 6.21. The third-order valence-corrected chi connectivity index (χ3v) is 6.32. The van der Waals surface area contributed by atoms with E-state index in [1.165, 1.54) is 0 Å².